The number of rotatable bonds is 4. The SMILES string of the molecule is CCC(C#N)S(=O)(=O)c1cc(C(=O)O)ccc1C. The summed E-state index contributed by atoms with van der Waals surface area (Å²) in [5, 5.41) is 16.6. The van der Waals surface area contributed by atoms with Crippen molar-refractivity contribution in [3.63, 3.8) is 0 Å². The molecular formula is C12H13NO4S. The summed E-state index contributed by atoms with van der Waals surface area (Å²) in [5.41, 5.74) is 0.334. The molecule has 0 heterocycles. The van der Waals surface area contributed by atoms with E-state index >= 15 is 0 Å². The van der Waals surface area contributed by atoms with Gasteiger partial charge in [0.05, 0.1) is 16.5 Å². The van der Waals surface area contributed by atoms with Crippen LogP contribution in [0.1, 0.15) is 29.3 Å². The highest BCUT2D eigenvalue weighted by Crippen LogP contribution is 2.23. The molecular weight excluding hydrogens is 254 g/mol. The number of carbonyl (C=O) groups is 1. The standard InChI is InChI=1S/C12H13NO4S/c1-3-10(7-13)18(16,17)11-6-9(12(14)15)5-4-8(11)2/h4-6,10H,3H2,1-2H3,(H,14,15). The first-order chi connectivity index (χ1) is 8.34. The van der Waals surface area contributed by atoms with Crippen LogP contribution >= 0.6 is 0 Å². The Bertz CT molecular complexity index is 613. The summed E-state index contributed by atoms with van der Waals surface area (Å²) in [4.78, 5) is 10.8. The van der Waals surface area contributed by atoms with Crippen molar-refractivity contribution in [3.05, 3.63) is 29.3 Å². The third-order valence-corrected chi connectivity index (χ3v) is 4.87. The lowest BCUT2D eigenvalue weighted by molar-refractivity contribution is 0.0696. The Labute approximate surface area is 106 Å². The first-order valence-corrected chi connectivity index (χ1v) is 6.86. The van der Waals surface area contributed by atoms with Gasteiger partial charge in [0.15, 0.2) is 15.1 Å². The number of carboxylic acids is 1. The van der Waals surface area contributed by atoms with Crippen LogP contribution in [0, 0.1) is 18.3 Å². The molecule has 0 amide bonds. The first kappa shape index (κ1) is 14.2. The fourth-order valence-electron chi connectivity index (χ4n) is 1.57. The van der Waals surface area contributed by atoms with Gasteiger partial charge in [-0.1, -0.05) is 13.0 Å². The molecule has 1 atom stereocenters. The van der Waals surface area contributed by atoms with Gasteiger partial charge in [-0.05, 0) is 31.0 Å². The highest BCUT2D eigenvalue weighted by atomic mass is 32.2. The molecule has 0 radical (unpaired) electrons. The van der Waals surface area contributed by atoms with E-state index in [1.165, 1.54) is 12.1 Å². The van der Waals surface area contributed by atoms with Gasteiger partial charge in [-0.3, -0.25) is 0 Å². The average Bonchev–Trinajstić information content (AvgIpc) is 2.30. The van der Waals surface area contributed by atoms with E-state index in [0.717, 1.165) is 6.07 Å². The van der Waals surface area contributed by atoms with E-state index in [-0.39, 0.29) is 16.9 Å². The van der Waals surface area contributed by atoms with Crippen LogP contribution in [-0.4, -0.2) is 24.7 Å². The van der Waals surface area contributed by atoms with E-state index in [0.29, 0.717) is 5.56 Å². The Morgan fingerprint density at radius 1 is 1.50 bits per heavy atom. The Balaban J connectivity index is 3.46. The molecule has 96 valence electrons. The summed E-state index contributed by atoms with van der Waals surface area (Å²) in [6.45, 7) is 3.17. The van der Waals surface area contributed by atoms with E-state index in [1.807, 2.05) is 0 Å². The number of benzene rings is 1. The smallest absolute Gasteiger partial charge is 0.335 e. The molecule has 1 aromatic carbocycles. The molecule has 0 fully saturated rings. The van der Waals surface area contributed by atoms with Crippen molar-refractivity contribution >= 4 is 15.8 Å². The average molecular weight is 267 g/mol. The van der Waals surface area contributed by atoms with Gasteiger partial charge < -0.3 is 5.11 Å². The maximum atomic E-state index is 12.2. The van der Waals surface area contributed by atoms with Gasteiger partial charge in [0.2, 0.25) is 0 Å². The Kier molecular flexibility index (Phi) is 4.09. The number of hydrogen-bond donors (Lipinski definition) is 1. The van der Waals surface area contributed by atoms with Crippen molar-refractivity contribution < 1.29 is 18.3 Å². The fraction of sp³-hybridized carbons (Fsp3) is 0.333. The molecule has 1 unspecified atom stereocenters. The third kappa shape index (κ3) is 2.51. The molecule has 0 aromatic heterocycles. The first-order valence-electron chi connectivity index (χ1n) is 5.32. The van der Waals surface area contributed by atoms with Crippen LogP contribution < -0.4 is 0 Å². The van der Waals surface area contributed by atoms with Crippen LogP contribution in [0.3, 0.4) is 0 Å². The van der Waals surface area contributed by atoms with Gasteiger partial charge in [0, 0.05) is 0 Å². The number of aromatic carboxylic acids is 1. The third-order valence-electron chi connectivity index (χ3n) is 2.63. The largest absolute Gasteiger partial charge is 0.478 e. The van der Waals surface area contributed by atoms with Crippen LogP contribution in [-0.2, 0) is 9.84 Å². The predicted molar refractivity (Wildman–Crippen MR) is 65.0 cm³/mol. The number of sulfone groups is 1. The highest BCUT2D eigenvalue weighted by Gasteiger charge is 2.28. The lowest BCUT2D eigenvalue weighted by atomic mass is 10.1. The molecule has 0 saturated heterocycles. The quantitative estimate of drug-likeness (QED) is 0.896. The maximum Gasteiger partial charge on any atom is 0.335 e. The zero-order valence-corrected chi connectivity index (χ0v) is 10.9. The summed E-state index contributed by atoms with van der Waals surface area (Å²) < 4.78 is 24.3. The van der Waals surface area contributed by atoms with E-state index in [9.17, 15) is 13.2 Å². The summed E-state index contributed by atoms with van der Waals surface area (Å²) in [5.74, 6) is -1.20. The van der Waals surface area contributed by atoms with Crippen molar-refractivity contribution in [1.29, 1.82) is 5.26 Å². The number of nitrogens with zero attached hydrogens (tertiary/aromatic N) is 1. The van der Waals surface area contributed by atoms with Gasteiger partial charge in [-0.15, -0.1) is 0 Å². The van der Waals surface area contributed by atoms with Crippen LogP contribution in [0.4, 0.5) is 0 Å². The van der Waals surface area contributed by atoms with Gasteiger partial charge >= 0.3 is 5.97 Å². The molecule has 0 aliphatic rings. The van der Waals surface area contributed by atoms with Crippen LogP contribution in [0.2, 0.25) is 0 Å². The summed E-state index contributed by atoms with van der Waals surface area (Å²) in [7, 11) is -3.81. The highest BCUT2D eigenvalue weighted by molar-refractivity contribution is 7.92. The second-order valence-electron chi connectivity index (χ2n) is 3.86. The minimum absolute atomic E-state index is 0.0872. The molecule has 0 saturated carbocycles. The normalized spacial score (nSPS) is 12.7. The zero-order valence-electron chi connectivity index (χ0n) is 10.0. The lowest BCUT2D eigenvalue weighted by Crippen LogP contribution is -2.20. The van der Waals surface area contributed by atoms with Crippen molar-refractivity contribution in [2.45, 2.75) is 30.4 Å². The fourth-order valence-corrected chi connectivity index (χ4v) is 3.27. The predicted octanol–water partition coefficient (Wildman–Crippen LogP) is 1.77. The van der Waals surface area contributed by atoms with Crippen molar-refractivity contribution in [2.24, 2.45) is 0 Å². The molecule has 0 spiro atoms. The van der Waals surface area contributed by atoms with Gasteiger partial charge in [-0.25, -0.2) is 13.2 Å². The molecule has 0 aliphatic carbocycles. The number of aryl methyl sites for hydroxylation is 1. The molecule has 0 aliphatic heterocycles. The van der Waals surface area contributed by atoms with Crippen molar-refractivity contribution in [2.75, 3.05) is 0 Å². The van der Waals surface area contributed by atoms with Crippen molar-refractivity contribution in [3.8, 4) is 6.07 Å². The molecule has 1 rings (SSSR count). The second kappa shape index (κ2) is 5.19. The molecule has 1 N–H and O–H groups in total. The van der Waals surface area contributed by atoms with Gasteiger partial charge in [-0.2, -0.15) is 5.26 Å². The maximum absolute atomic E-state index is 12.2. The Morgan fingerprint density at radius 2 is 2.11 bits per heavy atom. The summed E-state index contributed by atoms with van der Waals surface area (Å²) in [6.07, 6.45) is 0.162. The second-order valence-corrected chi connectivity index (χ2v) is 5.96. The zero-order chi connectivity index (χ0) is 13.9. The lowest BCUT2D eigenvalue weighted by Gasteiger charge is -2.11. The minimum atomic E-state index is -3.81. The number of carboxylic acid groups (broad SMARTS) is 1. The van der Waals surface area contributed by atoms with Crippen LogP contribution in [0.5, 0.6) is 0 Å². The van der Waals surface area contributed by atoms with Crippen LogP contribution in [0.15, 0.2) is 23.1 Å². The van der Waals surface area contributed by atoms with E-state index in [4.69, 9.17) is 10.4 Å². The molecule has 6 heteroatoms. The number of nitriles is 1. The monoisotopic (exact) mass is 267 g/mol. The molecule has 5 nitrogen and oxygen atoms in total. The van der Waals surface area contributed by atoms with E-state index < -0.39 is 21.1 Å². The summed E-state index contributed by atoms with van der Waals surface area (Å²) >= 11 is 0. The Hall–Kier alpha value is -1.87. The van der Waals surface area contributed by atoms with E-state index in [1.54, 1.807) is 19.9 Å². The molecule has 1 aromatic rings. The topological polar surface area (TPSA) is 95.2 Å². The summed E-state index contributed by atoms with van der Waals surface area (Å²) in [6, 6.07) is 5.60. The number of hydrogen-bond acceptors (Lipinski definition) is 4. The van der Waals surface area contributed by atoms with Crippen LogP contribution in [0.25, 0.3) is 0 Å². The van der Waals surface area contributed by atoms with Crippen molar-refractivity contribution in [1.82, 2.24) is 0 Å². The molecule has 0 bridgehead atoms. The molecule has 18 heavy (non-hydrogen) atoms. The Morgan fingerprint density at radius 3 is 2.56 bits per heavy atom. The van der Waals surface area contributed by atoms with Gasteiger partial charge in [0.25, 0.3) is 0 Å². The van der Waals surface area contributed by atoms with Gasteiger partial charge in [0.1, 0.15) is 0 Å². The van der Waals surface area contributed by atoms with E-state index in [2.05, 4.69) is 0 Å². The minimum Gasteiger partial charge on any atom is -0.478 e.